The van der Waals surface area contributed by atoms with Gasteiger partial charge in [0.1, 0.15) is 5.82 Å². The highest BCUT2D eigenvalue weighted by molar-refractivity contribution is 7.09. The molecule has 0 atom stereocenters. The molecule has 0 spiro atoms. The molecule has 0 aromatic carbocycles. The lowest BCUT2D eigenvalue weighted by Gasteiger charge is -2.16. The van der Waals surface area contributed by atoms with Crippen molar-refractivity contribution in [1.29, 1.82) is 0 Å². The van der Waals surface area contributed by atoms with E-state index in [2.05, 4.69) is 9.97 Å². The highest BCUT2D eigenvalue weighted by Crippen LogP contribution is 2.13. The van der Waals surface area contributed by atoms with Gasteiger partial charge in [0.2, 0.25) is 0 Å². The van der Waals surface area contributed by atoms with Crippen molar-refractivity contribution in [3.63, 3.8) is 0 Å². The molecule has 0 aliphatic carbocycles. The van der Waals surface area contributed by atoms with Gasteiger partial charge in [-0.1, -0.05) is 0 Å². The van der Waals surface area contributed by atoms with Crippen molar-refractivity contribution in [2.45, 2.75) is 13.5 Å². The Morgan fingerprint density at radius 2 is 2.05 bits per heavy atom. The minimum absolute atomic E-state index is 0.0477. The van der Waals surface area contributed by atoms with E-state index in [1.165, 1.54) is 0 Å². The van der Waals surface area contributed by atoms with Gasteiger partial charge in [-0.3, -0.25) is 4.79 Å². The summed E-state index contributed by atoms with van der Waals surface area (Å²) in [5.41, 5.74) is 1.51. The minimum atomic E-state index is -0.0477. The summed E-state index contributed by atoms with van der Waals surface area (Å²) in [5.74, 6) is 0.785. The number of aryl methyl sites for hydroxylation is 1. The third kappa shape index (κ3) is 3.33. The first-order valence-electron chi connectivity index (χ1n) is 6.27. The van der Waals surface area contributed by atoms with Crippen molar-refractivity contribution < 1.29 is 4.79 Å². The number of carbonyl (C=O) groups is 1. The molecule has 0 fully saturated rings. The number of hydrogen-bond donors (Lipinski definition) is 0. The fraction of sp³-hybridized carbons (Fsp3) is 0.357. The molecule has 0 N–H and O–H groups in total. The number of carbonyl (C=O) groups excluding carboxylic acids is 1. The van der Waals surface area contributed by atoms with Gasteiger partial charge >= 0.3 is 0 Å². The topological polar surface area (TPSA) is 49.3 Å². The van der Waals surface area contributed by atoms with Gasteiger partial charge in [-0.25, -0.2) is 9.97 Å². The highest BCUT2D eigenvalue weighted by atomic mass is 32.1. The van der Waals surface area contributed by atoms with Crippen LogP contribution in [0.15, 0.2) is 23.7 Å². The van der Waals surface area contributed by atoms with Crippen molar-refractivity contribution in [3.05, 3.63) is 40.0 Å². The second-order valence-electron chi connectivity index (χ2n) is 4.82. The number of hydrogen-bond acceptors (Lipinski definition) is 5. The van der Waals surface area contributed by atoms with Crippen LogP contribution in [0.3, 0.4) is 0 Å². The van der Waals surface area contributed by atoms with Crippen LogP contribution in [0.5, 0.6) is 0 Å². The van der Waals surface area contributed by atoms with Crippen molar-refractivity contribution in [2.24, 2.45) is 0 Å². The van der Waals surface area contributed by atoms with Gasteiger partial charge in [-0.15, -0.1) is 11.3 Å². The Bertz CT molecular complexity index is 591. The van der Waals surface area contributed by atoms with Gasteiger partial charge in [0.25, 0.3) is 5.91 Å². The minimum Gasteiger partial charge on any atom is -0.363 e. The largest absolute Gasteiger partial charge is 0.363 e. The van der Waals surface area contributed by atoms with Gasteiger partial charge in [0.05, 0.1) is 22.8 Å². The number of thiazole rings is 1. The molecule has 6 heteroatoms. The maximum atomic E-state index is 12.3. The first kappa shape index (κ1) is 14.5. The van der Waals surface area contributed by atoms with Crippen molar-refractivity contribution in [2.75, 3.05) is 26.0 Å². The van der Waals surface area contributed by atoms with Gasteiger partial charge in [-0.2, -0.15) is 0 Å². The summed E-state index contributed by atoms with van der Waals surface area (Å²) in [6.07, 6.45) is 1.61. The average molecular weight is 290 g/mol. The molecule has 0 saturated heterocycles. The van der Waals surface area contributed by atoms with Crippen LogP contribution >= 0.6 is 11.3 Å². The number of rotatable bonds is 4. The Labute approximate surface area is 122 Å². The van der Waals surface area contributed by atoms with E-state index < -0.39 is 0 Å². The predicted octanol–water partition coefficient (Wildman–Crippen LogP) is 2.18. The third-order valence-electron chi connectivity index (χ3n) is 2.87. The quantitative estimate of drug-likeness (QED) is 0.866. The van der Waals surface area contributed by atoms with E-state index in [0.717, 1.165) is 16.5 Å². The second kappa shape index (κ2) is 6.00. The standard InChI is InChI=1S/C14H18N4OS/c1-10-16-12(9-20-10)8-18(4)14(19)11-5-6-13(15-7-11)17(2)3/h5-7,9H,8H2,1-4H3. The molecule has 2 aromatic heterocycles. The monoisotopic (exact) mass is 290 g/mol. The zero-order chi connectivity index (χ0) is 14.7. The summed E-state index contributed by atoms with van der Waals surface area (Å²) in [6, 6.07) is 3.64. The Hall–Kier alpha value is -1.95. The summed E-state index contributed by atoms with van der Waals surface area (Å²) in [6.45, 7) is 2.47. The van der Waals surface area contributed by atoms with E-state index >= 15 is 0 Å². The summed E-state index contributed by atoms with van der Waals surface area (Å²) in [7, 11) is 5.61. The van der Waals surface area contributed by atoms with Crippen LogP contribution in [-0.4, -0.2) is 41.9 Å². The summed E-state index contributed by atoms with van der Waals surface area (Å²) in [4.78, 5) is 24.5. The molecular weight excluding hydrogens is 272 g/mol. The molecular formula is C14H18N4OS. The lowest BCUT2D eigenvalue weighted by Crippen LogP contribution is -2.26. The Morgan fingerprint density at radius 1 is 1.30 bits per heavy atom. The number of amides is 1. The SMILES string of the molecule is Cc1nc(CN(C)C(=O)c2ccc(N(C)C)nc2)cs1. The van der Waals surface area contributed by atoms with E-state index in [9.17, 15) is 4.79 Å². The smallest absolute Gasteiger partial charge is 0.255 e. The molecule has 0 aliphatic heterocycles. The zero-order valence-electron chi connectivity index (χ0n) is 12.1. The van der Waals surface area contributed by atoms with Crippen LogP contribution in [0.4, 0.5) is 5.82 Å². The number of pyridine rings is 1. The van der Waals surface area contributed by atoms with Crippen molar-refractivity contribution in [1.82, 2.24) is 14.9 Å². The molecule has 5 nitrogen and oxygen atoms in total. The van der Waals surface area contributed by atoms with Crippen molar-refractivity contribution in [3.8, 4) is 0 Å². The number of aromatic nitrogens is 2. The fourth-order valence-corrected chi connectivity index (χ4v) is 2.40. The predicted molar refractivity (Wildman–Crippen MR) is 81.2 cm³/mol. The number of anilines is 1. The molecule has 2 rings (SSSR count). The second-order valence-corrected chi connectivity index (χ2v) is 5.88. The van der Waals surface area contributed by atoms with Gasteiger partial charge < -0.3 is 9.80 Å². The van der Waals surface area contributed by atoms with E-state index in [4.69, 9.17) is 0 Å². The van der Waals surface area contributed by atoms with E-state index in [0.29, 0.717) is 12.1 Å². The average Bonchev–Trinajstić information content (AvgIpc) is 2.83. The lowest BCUT2D eigenvalue weighted by molar-refractivity contribution is 0.0783. The molecule has 106 valence electrons. The summed E-state index contributed by atoms with van der Waals surface area (Å²) >= 11 is 1.59. The summed E-state index contributed by atoms with van der Waals surface area (Å²) in [5, 5.41) is 2.99. The highest BCUT2D eigenvalue weighted by Gasteiger charge is 2.13. The van der Waals surface area contributed by atoms with Crippen LogP contribution in [0.1, 0.15) is 21.1 Å². The van der Waals surface area contributed by atoms with Crippen LogP contribution in [-0.2, 0) is 6.54 Å². The third-order valence-corrected chi connectivity index (χ3v) is 3.69. The van der Waals surface area contributed by atoms with Crippen molar-refractivity contribution >= 4 is 23.1 Å². The van der Waals surface area contributed by atoms with E-state index in [-0.39, 0.29) is 5.91 Å². The molecule has 20 heavy (non-hydrogen) atoms. The molecule has 0 aliphatic rings. The van der Waals surface area contributed by atoms with Gasteiger partial charge in [0.15, 0.2) is 0 Å². The lowest BCUT2D eigenvalue weighted by atomic mass is 10.2. The molecule has 2 aromatic rings. The first-order valence-corrected chi connectivity index (χ1v) is 7.15. The van der Waals surface area contributed by atoms with Crippen LogP contribution in [0.25, 0.3) is 0 Å². The fourth-order valence-electron chi connectivity index (χ4n) is 1.79. The van der Waals surface area contributed by atoms with E-state index in [1.807, 2.05) is 37.4 Å². The molecule has 1 amide bonds. The Kier molecular flexibility index (Phi) is 4.34. The molecule has 0 bridgehead atoms. The van der Waals surface area contributed by atoms with Crippen LogP contribution < -0.4 is 4.90 Å². The van der Waals surface area contributed by atoms with Crippen LogP contribution in [0, 0.1) is 6.92 Å². The normalized spacial score (nSPS) is 10.4. The zero-order valence-corrected chi connectivity index (χ0v) is 12.9. The molecule has 2 heterocycles. The Balaban J connectivity index is 2.06. The number of nitrogens with zero attached hydrogens (tertiary/aromatic N) is 4. The van der Waals surface area contributed by atoms with Gasteiger partial charge in [0, 0.05) is 32.7 Å². The maximum Gasteiger partial charge on any atom is 0.255 e. The van der Waals surface area contributed by atoms with Gasteiger partial charge in [-0.05, 0) is 19.1 Å². The maximum absolute atomic E-state index is 12.3. The molecule has 0 unspecified atom stereocenters. The summed E-state index contributed by atoms with van der Waals surface area (Å²) < 4.78 is 0. The first-order chi connectivity index (χ1) is 9.47. The molecule has 0 saturated carbocycles. The molecule has 0 radical (unpaired) electrons. The Morgan fingerprint density at radius 3 is 2.55 bits per heavy atom. The van der Waals surface area contributed by atoms with E-state index in [1.54, 1.807) is 35.5 Å². The van der Waals surface area contributed by atoms with Crippen LogP contribution in [0.2, 0.25) is 0 Å².